The first kappa shape index (κ1) is 22.0. The number of likely N-dealkylation sites (N-methyl/N-ethyl adjacent to an activating group) is 1. The quantitative estimate of drug-likeness (QED) is 0.678. The molecule has 0 aliphatic carbocycles. The van der Waals surface area contributed by atoms with Gasteiger partial charge in [-0.1, -0.05) is 60.7 Å². The molecule has 1 aliphatic heterocycles. The lowest BCUT2D eigenvalue weighted by Crippen LogP contribution is -2.52. The topological polar surface area (TPSA) is 61.9 Å². The molecule has 160 valence electrons. The van der Waals surface area contributed by atoms with Crippen LogP contribution in [0.2, 0.25) is 0 Å². The van der Waals surface area contributed by atoms with Gasteiger partial charge in [0, 0.05) is 26.1 Å². The third-order valence-electron chi connectivity index (χ3n) is 5.80. The van der Waals surface area contributed by atoms with Crippen LogP contribution >= 0.6 is 0 Å². The number of ether oxygens (including phenoxy) is 1. The SMILES string of the molecule is CN(CC(=O)[C@@]1(Cc2ccccc2)CCCNC1)N(C)C(=O)OCc1ccccc1. The fourth-order valence-corrected chi connectivity index (χ4v) is 3.88. The van der Waals surface area contributed by atoms with Gasteiger partial charge in [0.1, 0.15) is 6.61 Å². The Kier molecular flexibility index (Phi) is 7.60. The van der Waals surface area contributed by atoms with Crippen molar-refractivity contribution in [2.75, 3.05) is 33.7 Å². The molecule has 6 heteroatoms. The molecule has 0 saturated carbocycles. The molecule has 1 saturated heterocycles. The lowest BCUT2D eigenvalue weighted by atomic mass is 9.72. The molecule has 1 heterocycles. The van der Waals surface area contributed by atoms with Gasteiger partial charge in [-0.3, -0.25) is 4.79 Å². The van der Waals surface area contributed by atoms with Crippen molar-refractivity contribution in [2.45, 2.75) is 25.9 Å². The van der Waals surface area contributed by atoms with Crippen molar-refractivity contribution in [1.29, 1.82) is 0 Å². The number of nitrogens with zero attached hydrogens (tertiary/aromatic N) is 2. The van der Waals surface area contributed by atoms with E-state index in [-0.39, 0.29) is 18.9 Å². The third-order valence-corrected chi connectivity index (χ3v) is 5.80. The number of benzene rings is 2. The highest BCUT2D eigenvalue weighted by atomic mass is 16.6. The minimum atomic E-state index is -0.479. The number of rotatable bonds is 8. The van der Waals surface area contributed by atoms with Crippen molar-refractivity contribution >= 4 is 11.9 Å². The monoisotopic (exact) mass is 409 g/mol. The number of hydrogen-bond acceptors (Lipinski definition) is 5. The van der Waals surface area contributed by atoms with Gasteiger partial charge in [0.25, 0.3) is 0 Å². The maximum absolute atomic E-state index is 13.4. The van der Waals surface area contributed by atoms with E-state index in [4.69, 9.17) is 4.74 Å². The van der Waals surface area contributed by atoms with E-state index in [9.17, 15) is 9.59 Å². The third kappa shape index (κ3) is 5.68. The van der Waals surface area contributed by atoms with Gasteiger partial charge in [0.2, 0.25) is 0 Å². The van der Waals surface area contributed by atoms with Gasteiger partial charge in [-0.15, -0.1) is 0 Å². The van der Waals surface area contributed by atoms with E-state index in [0.717, 1.165) is 30.5 Å². The molecule has 1 amide bonds. The highest BCUT2D eigenvalue weighted by Crippen LogP contribution is 2.32. The zero-order valence-electron chi connectivity index (χ0n) is 17.8. The Morgan fingerprint density at radius 2 is 1.63 bits per heavy atom. The Morgan fingerprint density at radius 3 is 2.23 bits per heavy atom. The predicted octanol–water partition coefficient (Wildman–Crippen LogP) is 3.28. The molecule has 2 aromatic carbocycles. The molecular formula is C24H31N3O3. The Hall–Kier alpha value is -2.70. The Labute approximate surface area is 178 Å². The van der Waals surface area contributed by atoms with Gasteiger partial charge >= 0.3 is 6.09 Å². The number of carbonyl (C=O) groups is 2. The van der Waals surface area contributed by atoms with E-state index in [1.54, 1.807) is 19.1 Å². The van der Waals surface area contributed by atoms with E-state index >= 15 is 0 Å². The fraction of sp³-hybridized carbons (Fsp3) is 0.417. The Bertz CT molecular complexity index is 820. The molecule has 30 heavy (non-hydrogen) atoms. The zero-order valence-corrected chi connectivity index (χ0v) is 17.8. The summed E-state index contributed by atoms with van der Waals surface area (Å²) in [5.74, 6) is 0.142. The van der Waals surface area contributed by atoms with E-state index in [0.29, 0.717) is 13.0 Å². The molecule has 3 rings (SSSR count). The molecule has 0 unspecified atom stereocenters. The summed E-state index contributed by atoms with van der Waals surface area (Å²) in [5.41, 5.74) is 1.63. The number of carbonyl (C=O) groups excluding carboxylic acids is 2. The van der Waals surface area contributed by atoms with Crippen molar-refractivity contribution in [3.8, 4) is 0 Å². The van der Waals surface area contributed by atoms with Gasteiger partial charge in [-0.2, -0.15) is 0 Å². The molecular weight excluding hydrogens is 378 g/mol. The molecule has 0 spiro atoms. The first-order chi connectivity index (χ1) is 14.5. The lowest BCUT2D eigenvalue weighted by molar-refractivity contribution is -0.133. The van der Waals surface area contributed by atoms with Crippen LogP contribution in [-0.2, 0) is 22.6 Å². The van der Waals surface area contributed by atoms with E-state index < -0.39 is 11.5 Å². The standard InChI is InChI=1S/C24H31N3O3/c1-26(27(2)23(29)30-18-21-12-7-4-8-13-21)17-22(28)24(14-9-15-25-19-24)16-20-10-5-3-6-11-20/h3-8,10-13,25H,9,14-19H2,1-2H3/t24-/m1/s1. The van der Waals surface area contributed by atoms with Gasteiger partial charge in [0.15, 0.2) is 5.78 Å². The number of piperidine rings is 1. The van der Waals surface area contributed by atoms with E-state index in [1.807, 2.05) is 48.5 Å². The Morgan fingerprint density at radius 1 is 1.00 bits per heavy atom. The predicted molar refractivity (Wildman–Crippen MR) is 117 cm³/mol. The van der Waals surface area contributed by atoms with Crippen LogP contribution in [0.25, 0.3) is 0 Å². The maximum Gasteiger partial charge on any atom is 0.424 e. The minimum Gasteiger partial charge on any atom is -0.444 e. The number of amides is 1. The minimum absolute atomic E-state index is 0.142. The molecule has 1 fully saturated rings. The summed E-state index contributed by atoms with van der Waals surface area (Å²) in [4.78, 5) is 25.8. The van der Waals surface area contributed by atoms with Crippen LogP contribution in [0.3, 0.4) is 0 Å². The van der Waals surface area contributed by atoms with Crippen LogP contribution in [0.4, 0.5) is 4.79 Å². The van der Waals surface area contributed by atoms with Gasteiger partial charge in [-0.05, 0) is 36.9 Å². The highest BCUT2D eigenvalue weighted by Gasteiger charge is 2.40. The number of ketones is 1. The smallest absolute Gasteiger partial charge is 0.424 e. The van der Waals surface area contributed by atoms with Crippen LogP contribution in [0.15, 0.2) is 60.7 Å². The Balaban J connectivity index is 1.60. The lowest BCUT2D eigenvalue weighted by Gasteiger charge is -2.38. The molecule has 1 atom stereocenters. The summed E-state index contributed by atoms with van der Waals surface area (Å²) in [5, 5.41) is 6.40. The second-order valence-electron chi connectivity index (χ2n) is 8.03. The number of hydrogen-bond donors (Lipinski definition) is 1. The summed E-state index contributed by atoms with van der Waals surface area (Å²) >= 11 is 0. The second kappa shape index (κ2) is 10.4. The second-order valence-corrected chi connectivity index (χ2v) is 8.03. The molecule has 0 radical (unpaired) electrons. The number of nitrogens with one attached hydrogen (secondary N) is 1. The van der Waals surface area contributed by atoms with Crippen molar-refractivity contribution in [3.63, 3.8) is 0 Å². The van der Waals surface area contributed by atoms with Crippen molar-refractivity contribution in [1.82, 2.24) is 15.3 Å². The molecule has 0 bridgehead atoms. The average molecular weight is 410 g/mol. The summed E-state index contributed by atoms with van der Waals surface area (Å²) in [6.07, 6.45) is 2.05. The van der Waals surface area contributed by atoms with Crippen LogP contribution < -0.4 is 5.32 Å². The van der Waals surface area contributed by atoms with Gasteiger partial charge < -0.3 is 10.1 Å². The summed E-state index contributed by atoms with van der Waals surface area (Å²) in [6, 6.07) is 19.7. The summed E-state index contributed by atoms with van der Waals surface area (Å²) in [7, 11) is 3.37. The molecule has 0 aromatic heterocycles. The summed E-state index contributed by atoms with van der Waals surface area (Å²) < 4.78 is 5.38. The van der Waals surface area contributed by atoms with Crippen molar-refractivity contribution in [3.05, 3.63) is 71.8 Å². The largest absolute Gasteiger partial charge is 0.444 e. The van der Waals surface area contributed by atoms with Crippen molar-refractivity contribution in [2.24, 2.45) is 5.41 Å². The van der Waals surface area contributed by atoms with Crippen LogP contribution in [0.5, 0.6) is 0 Å². The molecule has 1 aliphatic rings. The van der Waals surface area contributed by atoms with Crippen LogP contribution in [0.1, 0.15) is 24.0 Å². The molecule has 6 nitrogen and oxygen atoms in total. The number of hydrazine groups is 1. The first-order valence-electron chi connectivity index (χ1n) is 10.4. The van der Waals surface area contributed by atoms with Gasteiger partial charge in [-0.25, -0.2) is 14.8 Å². The molecule has 2 aromatic rings. The average Bonchev–Trinajstić information content (AvgIpc) is 2.78. The normalized spacial score (nSPS) is 18.8. The summed E-state index contributed by atoms with van der Waals surface area (Å²) in [6.45, 7) is 1.96. The van der Waals surface area contributed by atoms with Crippen molar-refractivity contribution < 1.29 is 14.3 Å². The van der Waals surface area contributed by atoms with E-state index in [1.165, 1.54) is 5.01 Å². The highest BCUT2D eigenvalue weighted by molar-refractivity contribution is 5.87. The molecule has 1 N–H and O–H groups in total. The number of Topliss-reactive ketones (excluding diaryl/α,β-unsaturated/α-hetero) is 1. The zero-order chi connectivity index (χ0) is 21.4. The first-order valence-corrected chi connectivity index (χ1v) is 10.4. The fourth-order valence-electron chi connectivity index (χ4n) is 3.88. The van der Waals surface area contributed by atoms with Crippen LogP contribution in [-0.4, -0.2) is 55.6 Å². The van der Waals surface area contributed by atoms with Gasteiger partial charge in [0.05, 0.1) is 6.54 Å². The van der Waals surface area contributed by atoms with E-state index in [2.05, 4.69) is 17.4 Å². The van der Waals surface area contributed by atoms with Crippen LogP contribution in [0, 0.1) is 5.41 Å². The maximum atomic E-state index is 13.4.